The molecule has 1 atom stereocenters. The number of carboxylic acids is 1. The van der Waals surface area contributed by atoms with Gasteiger partial charge in [-0.15, -0.1) is 0 Å². The number of benzene rings is 1. The highest BCUT2D eigenvalue weighted by Gasteiger charge is 2.32. The topological polar surface area (TPSA) is 101 Å². The van der Waals surface area contributed by atoms with E-state index < -0.39 is 33.7 Å². The molecule has 1 aromatic rings. The molecule has 1 fully saturated rings. The Morgan fingerprint density at radius 1 is 1.23 bits per heavy atom. The molecule has 2 N–H and O–H groups in total. The highest BCUT2D eigenvalue weighted by atomic mass is 79.9. The number of hydrogen-bond donors (Lipinski definition) is 2. The standard InChI is InChI=1S/C14H16BrNO5S/c15-11-4-2-1-3-10(11)12(14(18)19)16-13(17)9-5-7-22(20,21)8-6-9/h1-4,9,12H,5-8H2,(H,16,17)(H,18,19). The molecule has 1 saturated heterocycles. The Hall–Kier alpha value is -1.41. The van der Waals surface area contributed by atoms with Crippen LogP contribution in [0.25, 0.3) is 0 Å². The molecule has 2 rings (SSSR count). The molecule has 8 heteroatoms. The summed E-state index contributed by atoms with van der Waals surface area (Å²) >= 11 is 3.27. The first-order valence-electron chi connectivity index (χ1n) is 6.78. The average molecular weight is 390 g/mol. The third-order valence-electron chi connectivity index (χ3n) is 3.68. The second-order valence-electron chi connectivity index (χ2n) is 5.23. The molecule has 0 spiro atoms. The smallest absolute Gasteiger partial charge is 0.330 e. The van der Waals surface area contributed by atoms with Crippen molar-refractivity contribution < 1.29 is 23.1 Å². The van der Waals surface area contributed by atoms with Crippen LogP contribution in [-0.4, -0.2) is 36.9 Å². The van der Waals surface area contributed by atoms with Crippen LogP contribution < -0.4 is 5.32 Å². The molecular formula is C14H16BrNO5S. The number of aliphatic carboxylic acids is 1. The molecule has 1 aliphatic heterocycles. The normalized spacial score (nSPS) is 19.3. The fourth-order valence-electron chi connectivity index (χ4n) is 2.39. The summed E-state index contributed by atoms with van der Waals surface area (Å²) in [7, 11) is -3.06. The molecule has 0 radical (unpaired) electrons. The summed E-state index contributed by atoms with van der Waals surface area (Å²) in [5.74, 6) is -2.11. The molecule has 1 aliphatic rings. The fourth-order valence-corrected chi connectivity index (χ4v) is 4.40. The molecule has 0 saturated carbocycles. The second-order valence-corrected chi connectivity index (χ2v) is 8.39. The van der Waals surface area contributed by atoms with Crippen LogP contribution in [-0.2, 0) is 19.4 Å². The summed E-state index contributed by atoms with van der Waals surface area (Å²) in [6, 6.07) is 5.59. The summed E-state index contributed by atoms with van der Waals surface area (Å²) in [6.07, 6.45) is 0.465. The van der Waals surface area contributed by atoms with Gasteiger partial charge >= 0.3 is 5.97 Å². The highest BCUT2D eigenvalue weighted by molar-refractivity contribution is 9.10. The van der Waals surface area contributed by atoms with Gasteiger partial charge in [0.2, 0.25) is 5.91 Å². The van der Waals surface area contributed by atoms with Gasteiger partial charge in [0.25, 0.3) is 0 Å². The van der Waals surface area contributed by atoms with E-state index >= 15 is 0 Å². The number of hydrogen-bond acceptors (Lipinski definition) is 4. The lowest BCUT2D eigenvalue weighted by molar-refractivity contribution is -0.142. The lowest BCUT2D eigenvalue weighted by Gasteiger charge is -2.24. The van der Waals surface area contributed by atoms with Crippen molar-refractivity contribution in [2.24, 2.45) is 5.92 Å². The number of halogens is 1. The third-order valence-corrected chi connectivity index (χ3v) is 6.11. The summed E-state index contributed by atoms with van der Waals surface area (Å²) in [6.45, 7) is 0. The molecule has 1 heterocycles. The van der Waals surface area contributed by atoms with Crippen LogP contribution in [0.2, 0.25) is 0 Å². The summed E-state index contributed by atoms with van der Waals surface area (Å²) in [5.41, 5.74) is 0.451. The third kappa shape index (κ3) is 4.07. The van der Waals surface area contributed by atoms with Gasteiger partial charge < -0.3 is 10.4 Å². The number of sulfone groups is 1. The van der Waals surface area contributed by atoms with Gasteiger partial charge in [0.1, 0.15) is 9.84 Å². The summed E-state index contributed by atoms with van der Waals surface area (Å²) < 4.78 is 23.4. The zero-order valence-electron chi connectivity index (χ0n) is 11.7. The Bertz CT molecular complexity index is 674. The minimum Gasteiger partial charge on any atom is -0.479 e. The molecule has 22 heavy (non-hydrogen) atoms. The van der Waals surface area contributed by atoms with E-state index in [1.807, 2.05) is 0 Å². The zero-order chi connectivity index (χ0) is 16.3. The first-order chi connectivity index (χ1) is 10.3. The molecule has 120 valence electrons. The molecule has 0 aliphatic carbocycles. The molecule has 1 unspecified atom stereocenters. The van der Waals surface area contributed by atoms with Crippen molar-refractivity contribution in [1.29, 1.82) is 0 Å². The van der Waals surface area contributed by atoms with Gasteiger partial charge in [0, 0.05) is 10.4 Å². The minimum absolute atomic E-state index is 0.0299. The van der Waals surface area contributed by atoms with Crippen LogP contribution in [0.15, 0.2) is 28.7 Å². The number of carbonyl (C=O) groups excluding carboxylic acids is 1. The Morgan fingerprint density at radius 3 is 2.36 bits per heavy atom. The largest absolute Gasteiger partial charge is 0.479 e. The van der Waals surface area contributed by atoms with Crippen LogP contribution in [0, 0.1) is 5.92 Å². The summed E-state index contributed by atoms with van der Waals surface area (Å²) in [5, 5.41) is 11.9. The maximum absolute atomic E-state index is 12.2. The molecular weight excluding hydrogens is 374 g/mol. The molecule has 6 nitrogen and oxygen atoms in total. The fraction of sp³-hybridized carbons (Fsp3) is 0.429. The highest BCUT2D eigenvalue weighted by Crippen LogP contribution is 2.25. The molecule has 0 bridgehead atoms. The first kappa shape index (κ1) is 17.0. The average Bonchev–Trinajstić information content (AvgIpc) is 2.45. The van der Waals surface area contributed by atoms with E-state index in [0.717, 1.165) is 0 Å². The first-order valence-corrected chi connectivity index (χ1v) is 9.39. The van der Waals surface area contributed by atoms with Gasteiger partial charge in [0.05, 0.1) is 11.5 Å². The van der Waals surface area contributed by atoms with Crippen molar-refractivity contribution in [3.8, 4) is 0 Å². The Morgan fingerprint density at radius 2 is 1.82 bits per heavy atom. The SMILES string of the molecule is O=C(NC(C(=O)O)c1ccccc1Br)C1CCS(=O)(=O)CC1. The number of amides is 1. The van der Waals surface area contributed by atoms with E-state index in [1.165, 1.54) is 0 Å². The minimum atomic E-state index is -3.06. The van der Waals surface area contributed by atoms with E-state index in [2.05, 4.69) is 21.2 Å². The zero-order valence-corrected chi connectivity index (χ0v) is 14.1. The molecule has 0 aromatic heterocycles. The maximum Gasteiger partial charge on any atom is 0.330 e. The van der Waals surface area contributed by atoms with Crippen LogP contribution in [0.5, 0.6) is 0 Å². The predicted molar refractivity (Wildman–Crippen MR) is 84.0 cm³/mol. The van der Waals surface area contributed by atoms with Crippen molar-refractivity contribution in [3.05, 3.63) is 34.3 Å². The van der Waals surface area contributed by atoms with Crippen LogP contribution in [0.3, 0.4) is 0 Å². The number of nitrogens with one attached hydrogen (secondary N) is 1. The lowest BCUT2D eigenvalue weighted by Crippen LogP contribution is -2.40. The number of rotatable bonds is 4. The van der Waals surface area contributed by atoms with E-state index in [-0.39, 0.29) is 24.3 Å². The van der Waals surface area contributed by atoms with Crippen molar-refractivity contribution in [1.82, 2.24) is 5.32 Å². The van der Waals surface area contributed by atoms with E-state index in [9.17, 15) is 23.1 Å². The van der Waals surface area contributed by atoms with Gasteiger partial charge in [-0.2, -0.15) is 0 Å². The van der Waals surface area contributed by atoms with Gasteiger partial charge in [-0.1, -0.05) is 34.1 Å². The van der Waals surface area contributed by atoms with E-state index in [4.69, 9.17) is 0 Å². The van der Waals surface area contributed by atoms with Crippen LogP contribution in [0.1, 0.15) is 24.4 Å². The van der Waals surface area contributed by atoms with Gasteiger partial charge in [0.15, 0.2) is 6.04 Å². The van der Waals surface area contributed by atoms with Gasteiger partial charge in [-0.05, 0) is 24.5 Å². The number of carboxylic acid groups (broad SMARTS) is 1. The van der Waals surface area contributed by atoms with E-state index in [0.29, 0.717) is 10.0 Å². The van der Waals surface area contributed by atoms with Crippen molar-refractivity contribution in [2.45, 2.75) is 18.9 Å². The lowest BCUT2D eigenvalue weighted by atomic mass is 10.00. The van der Waals surface area contributed by atoms with Crippen molar-refractivity contribution >= 4 is 37.6 Å². The Balaban J connectivity index is 2.11. The Kier molecular flexibility index (Phi) is 5.23. The second kappa shape index (κ2) is 6.78. The predicted octanol–water partition coefficient (Wildman–Crippen LogP) is 1.52. The Labute approximate surface area is 137 Å². The van der Waals surface area contributed by atoms with Crippen LogP contribution in [0.4, 0.5) is 0 Å². The van der Waals surface area contributed by atoms with Gasteiger partial charge in [-0.25, -0.2) is 13.2 Å². The quantitative estimate of drug-likeness (QED) is 0.812. The number of carbonyl (C=O) groups is 2. The molecule has 1 aromatic carbocycles. The van der Waals surface area contributed by atoms with Gasteiger partial charge in [-0.3, -0.25) is 4.79 Å². The van der Waals surface area contributed by atoms with Crippen LogP contribution >= 0.6 is 15.9 Å². The maximum atomic E-state index is 12.2. The van der Waals surface area contributed by atoms with Crippen molar-refractivity contribution in [2.75, 3.05) is 11.5 Å². The molecule has 1 amide bonds. The summed E-state index contributed by atoms with van der Waals surface area (Å²) in [4.78, 5) is 23.7. The van der Waals surface area contributed by atoms with E-state index in [1.54, 1.807) is 24.3 Å². The monoisotopic (exact) mass is 389 g/mol. The van der Waals surface area contributed by atoms with Crippen molar-refractivity contribution in [3.63, 3.8) is 0 Å².